The first-order chi connectivity index (χ1) is 21.4. The lowest BCUT2D eigenvalue weighted by atomic mass is 10.00. The molecular formula is C32H39N7O6. The fraction of sp³-hybridized carbons (Fsp3) is 0.344. The molecular weight excluding hydrogens is 578 g/mol. The molecule has 0 aliphatic rings. The van der Waals surface area contributed by atoms with E-state index in [1.54, 1.807) is 12.4 Å². The Labute approximate surface area is 259 Å². The molecule has 2 aromatic heterocycles. The maximum absolute atomic E-state index is 13.9. The van der Waals surface area contributed by atoms with Gasteiger partial charge in [-0.3, -0.25) is 19.2 Å². The number of hydrogen-bond acceptors (Lipinski definition) is 6. The number of carboxylic acids is 1. The third-order valence-electron chi connectivity index (χ3n) is 7.55. The van der Waals surface area contributed by atoms with Crippen molar-refractivity contribution in [2.75, 3.05) is 0 Å². The van der Waals surface area contributed by atoms with Crippen molar-refractivity contribution in [3.8, 4) is 0 Å². The van der Waals surface area contributed by atoms with E-state index in [2.05, 4.69) is 25.9 Å². The number of rotatable bonds is 15. The molecule has 4 atom stereocenters. The number of aliphatic carboxylic acids is 1. The number of nitrogens with one attached hydrogen (secondary N) is 5. The summed E-state index contributed by atoms with van der Waals surface area (Å²) in [6, 6.07) is 10.0. The van der Waals surface area contributed by atoms with Crippen molar-refractivity contribution in [2.24, 2.45) is 17.4 Å². The van der Waals surface area contributed by atoms with Gasteiger partial charge in [0.2, 0.25) is 23.6 Å². The number of benzene rings is 2. The van der Waals surface area contributed by atoms with Crippen LogP contribution < -0.4 is 27.4 Å². The number of primary amides is 1. The third kappa shape index (κ3) is 8.48. The van der Waals surface area contributed by atoms with Crippen LogP contribution in [0, 0.1) is 5.92 Å². The summed E-state index contributed by atoms with van der Waals surface area (Å²) >= 11 is 0. The highest BCUT2D eigenvalue weighted by Crippen LogP contribution is 2.21. The molecule has 0 aliphatic carbocycles. The van der Waals surface area contributed by atoms with Gasteiger partial charge in [-0.2, -0.15) is 0 Å². The molecule has 4 aromatic rings. The maximum atomic E-state index is 13.9. The maximum Gasteiger partial charge on any atom is 0.326 e. The summed E-state index contributed by atoms with van der Waals surface area (Å²) in [7, 11) is 0. The second-order valence-corrected chi connectivity index (χ2v) is 11.6. The first-order valence-corrected chi connectivity index (χ1v) is 14.7. The Bertz CT molecular complexity index is 1690. The average Bonchev–Trinajstić information content (AvgIpc) is 3.59. The number of nitrogens with two attached hydrogens (primary N) is 2. The lowest BCUT2D eigenvalue weighted by Crippen LogP contribution is -2.58. The van der Waals surface area contributed by atoms with Crippen molar-refractivity contribution in [1.29, 1.82) is 0 Å². The van der Waals surface area contributed by atoms with Crippen LogP contribution in [0.25, 0.3) is 21.8 Å². The Morgan fingerprint density at radius 3 is 1.62 bits per heavy atom. The average molecular weight is 618 g/mol. The quantitative estimate of drug-likeness (QED) is 0.0972. The van der Waals surface area contributed by atoms with E-state index in [1.807, 2.05) is 62.4 Å². The van der Waals surface area contributed by atoms with Crippen molar-refractivity contribution in [3.05, 3.63) is 72.1 Å². The molecule has 45 heavy (non-hydrogen) atoms. The molecule has 4 amide bonds. The van der Waals surface area contributed by atoms with Gasteiger partial charge in [-0.05, 0) is 35.6 Å². The van der Waals surface area contributed by atoms with Gasteiger partial charge in [-0.1, -0.05) is 50.2 Å². The van der Waals surface area contributed by atoms with E-state index in [4.69, 9.17) is 11.5 Å². The molecule has 0 bridgehead atoms. The topological polar surface area (TPSA) is 225 Å². The van der Waals surface area contributed by atoms with Gasteiger partial charge >= 0.3 is 5.97 Å². The minimum Gasteiger partial charge on any atom is -0.480 e. The normalized spacial score (nSPS) is 14.0. The summed E-state index contributed by atoms with van der Waals surface area (Å²) in [5.74, 6) is -4.27. The molecule has 238 valence electrons. The molecule has 0 radical (unpaired) electrons. The molecule has 2 aromatic carbocycles. The van der Waals surface area contributed by atoms with Crippen molar-refractivity contribution >= 4 is 51.4 Å². The highest BCUT2D eigenvalue weighted by atomic mass is 16.4. The van der Waals surface area contributed by atoms with Gasteiger partial charge in [0, 0.05) is 47.0 Å². The number of hydrogen-bond donors (Lipinski definition) is 8. The van der Waals surface area contributed by atoms with E-state index in [0.29, 0.717) is 12.0 Å². The summed E-state index contributed by atoms with van der Waals surface area (Å²) in [5.41, 5.74) is 14.4. The molecule has 13 heteroatoms. The van der Waals surface area contributed by atoms with Crippen molar-refractivity contribution in [1.82, 2.24) is 25.9 Å². The predicted molar refractivity (Wildman–Crippen MR) is 169 cm³/mol. The number of H-pyrrole nitrogens is 2. The second kappa shape index (κ2) is 14.5. The van der Waals surface area contributed by atoms with E-state index >= 15 is 0 Å². The molecule has 4 rings (SSSR count). The first-order valence-electron chi connectivity index (χ1n) is 14.7. The SMILES string of the molecule is CC(C)CC(N)C(=O)NC(Cc1c[nH]c2ccccc12)C(=O)NC(Cc1c[nH]c2ccccc12)C(=O)NC(CC(N)=O)C(=O)O. The fourth-order valence-electron chi connectivity index (χ4n) is 5.30. The highest BCUT2D eigenvalue weighted by molar-refractivity contribution is 5.96. The van der Waals surface area contributed by atoms with Crippen LogP contribution in [0.1, 0.15) is 37.8 Å². The van der Waals surface area contributed by atoms with Gasteiger partial charge in [0.25, 0.3) is 0 Å². The number of carboxylic acid groups (broad SMARTS) is 1. The zero-order chi connectivity index (χ0) is 32.7. The van der Waals surface area contributed by atoms with E-state index in [1.165, 1.54) is 0 Å². The smallest absolute Gasteiger partial charge is 0.326 e. The fourth-order valence-corrected chi connectivity index (χ4v) is 5.30. The number of aromatic amines is 2. The van der Waals surface area contributed by atoms with E-state index < -0.39 is 60.2 Å². The van der Waals surface area contributed by atoms with Crippen molar-refractivity contribution < 1.29 is 29.1 Å². The van der Waals surface area contributed by atoms with E-state index in [0.717, 1.165) is 27.4 Å². The summed E-state index contributed by atoms with van der Waals surface area (Å²) in [6.07, 6.45) is 3.27. The van der Waals surface area contributed by atoms with Crippen LogP contribution in [0.15, 0.2) is 60.9 Å². The number of amides is 4. The molecule has 0 fully saturated rings. The van der Waals surface area contributed by atoms with Crippen LogP contribution in [-0.4, -0.2) is 68.8 Å². The monoisotopic (exact) mass is 617 g/mol. The number of para-hydroxylation sites is 2. The zero-order valence-electron chi connectivity index (χ0n) is 25.1. The Hall–Kier alpha value is -5.17. The minimum atomic E-state index is -1.60. The van der Waals surface area contributed by atoms with Gasteiger partial charge < -0.3 is 42.5 Å². The third-order valence-corrected chi connectivity index (χ3v) is 7.55. The molecule has 0 spiro atoms. The number of fused-ring (bicyclic) bond motifs is 2. The molecule has 0 aliphatic heterocycles. The first kappa shape index (κ1) is 32.7. The number of aromatic nitrogens is 2. The Morgan fingerprint density at radius 2 is 1.18 bits per heavy atom. The van der Waals surface area contributed by atoms with Crippen LogP contribution in [0.4, 0.5) is 0 Å². The molecule has 4 unspecified atom stereocenters. The second-order valence-electron chi connectivity index (χ2n) is 11.6. The summed E-state index contributed by atoms with van der Waals surface area (Å²) in [4.78, 5) is 70.1. The summed E-state index contributed by atoms with van der Waals surface area (Å²) in [6.45, 7) is 3.86. The number of carbonyl (C=O) groups is 5. The van der Waals surface area contributed by atoms with Crippen LogP contribution >= 0.6 is 0 Å². The van der Waals surface area contributed by atoms with Crippen molar-refractivity contribution in [3.63, 3.8) is 0 Å². The van der Waals surface area contributed by atoms with Gasteiger partial charge in [-0.25, -0.2) is 4.79 Å². The standard InChI is InChI=1S/C32H39N7O6/c1-17(2)11-22(33)29(41)37-25(12-18-15-35-23-9-5-3-7-20(18)23)30(42)38-26(31(43)39-27(32(44)45)14-28(34)40)13-19-16-36-24-10-6-4-8-21(19)24/h3-10,15-17,22,25-27,35-36H,11-14,33H2,1-2H3,(H2,34,40)(H,37,41)(H,38,42)(H,39,43)(H,44,45). The van der Waals surface area contributed by atoms with Gasteiger partial charge in [0.15, 0.2) is 0 Å². The van der Waals surface area contributed by atoms with Crippen LogP contribution in [0.5, 0.6) is 0 Å². The summed E-state index contributed by atoms with van der Waals surface area (Å²) in [5, 5.41) is 19.1. The lowest BCUT2D eigenvalue weighted by molar-refractivity contribution is -0.143. The predicted octanol–water partition coefficient (Wildman–Crippen LogP) is 1.22. The lowest BCUT2D eigenvalue weighted by Gasteiger charge is -2.25. The van der Waals surface area contributed by atoms with Gasteiger partial charge in [0.05, 0.1) is 12.5 Å². The highest BCUT2D eigenvalue weighted by Gasteiger charge is 2.32. The molecule has 2 heterocycles. The molecule has 0 saturated heterocycles. The van der Waals surface area contributed by atoms with E-state index in [-0.39, 0.29) is 18.8 Å². The molecule has 13 nitrogen and oxygen atoms in total. The molecule has 10 N–H and O–H groups in total. The Balaban J connectivity index is 1.64. The van der Waals surface area contributed by atoms with Gasteiger partial charge in [-0.15, -0.1) is 0 Å². The summed E-state index contributed by atoms with van der Waals surface area (Å²) < 4.78 is 0. The van der Waals surface area contributed by atoms with Crippen LogP contribution in [0.2, 0.25) is 0 Å². The van der Waals surface area contributed by atoms with Gasteiger partial charge in [0.1, 0.15) is 18.1 Å². The molecule has 0 saturated carbocycles. The van der Waals surface area contributed by atoms with E-state index in [9.17, 15) is 29.1 Å². The van der Waals surface area contributed by atoms with Crippen LogP contribution in [-0.2, 0) is 36.8 Å². The number of carbonyl (C=O) groups excluding carboxylic acids is 4. The zero-order valence-corrected chi connectivity index (χ0v) is 25.1. The van der Waals surface area contributed by atoms with Crippen molar-refractivity contribution in [2.45, 2.75) is 63.7 Å². The minimum absolute atomic E-state index is 0.0227. The Morgan fingerprint density at radius 1 is 0.733 bits per heavy atom. The largest absolute Gasteiger partial charge is 0.480 e. The van der Waals surface area contributed by atoms with Crippen LogP contribution in [0.3, 0.4) is 0 Å². The Kier molecular flexibility index (Phi) is 10.6.